The number of rotatable bonds is 3. The topological polar surface area (TPSA) is 35.2 Å². The molecule has 1 heterocycles. The van der Waals surface area contributed by atoms with E-state index in [1.54, 1.807) is 12.1 Å². The maximum absolute atomic E-state index is 13.8. The Labute approximate surface area is 111 Å². The van der Waals surface area contributed by atoms with Crippen LogP contribution in [-0.2, 0) is 0 Å². The van der Waals surface area contributed by atoms with Crippen LogP contribution in [0, 0.1) is 5.82 Å². The van der Waals surface area contributed by atoms with Crippen molar-refractivity contribution in [3.8, 4) is 5.75 Å². The Morgan fingerprint density at radius 1 is 1.41 bits per heavy atom. The van der Waals surface area contributed by atoms with Gasteiger partial charge in [-0.2, -0.15) is 0 Å². The van der Waals surface area contributed by atoms with Gasteiger partial charge in [0.15, 0.2) is 0 Å². The first-order valence-corrected chi connectivity index (χ1v) is 6.62. The van der Waals surface area contributed by atoms with Gasteiger partial charge in [-0.25, -0.2) is 4.39 Å². The van der Waals surface area contributed by atoms with Crippen LogP contribution in [0.15, 0.2) is 34.1 Å². The fourth-order valence-corrected chi connectivity index (χ4v) is 3.19. The predicted molar refractivity (Wildman–Crippen MR) is 71.0 cm³/mol. The van der Waals surface area contributed by atoms with Crippen LogP contribution in [-0.4, -0.2) is 7.11 Å². The van der Waals surface area contributed by atoms with Crippen molar-refractivity contribution in [3.63, 3.8) is 0 Å². The second kappa shape index (κ2) is 5.16. The summed E-state index contributed by atoms with van der Waals surface area (Å²) >= 11 is 4.90. The van der Waals surface area contributed by atoms with Crippen molar-refractivity contribution in [2.45, 2.75) is 6.04 Å². The number of thiophene rings is 1. The number of methoxy groups -OCH3 is 1. The first kappa shape index (κ1) is 12.5. The van der Waals surface area contributed by atoms with E-state index in [9.17, 15) is 4.39 Å². The highest BCUT2D eigenvalue weighted by molar-refractivity contribution is 9.10. The largest absolute Gasteiger partial charge is 0.497 e. The third kappa shape index (κ3) is 2.51. The molecule has 0 aliphatic rings. The Balaban J connectivity index is 2.38. The van der Waals surface area contributed by atoms with Crippen molar-refractivity contribution in [3.05, 3.63) is 50.4 Å². The summed E-state index contributed by atoms with van der Waals surface area (Å²) in [7, 11) is 1.50. The Hall–Kier alpha value is -0.910. The van der Waals surface area contributed by atoms with E-state index in [4.69, 9.17) is 10.5 Å². The quantitative estimate of drug-likeness (QED) is 0.937. The fraction of sp³-hybridized carbons (Fsp3) is 0.167. The Morgan fingerprint density at radius 3 is 2.71 bits per heavy atom. The molecule has 0 spiro atoms. The molecule has 0 fully saturated rings. The molecule has 0 saturated carbocycles. The van der Waals surface area contributed by atoms with E-state index in [0.717, 1.165) is 9.35 Å². The SMILES string of the molecule is COc1ccc(C(N)c2sccc2Br)c(F)c1. The summed E-state index contributed by atoms with van der Waals surface area (Å²) in [5.41, 5.74) is 6.52. The minimum Gasteiger partial charge on any atom is -0.497 e. The highest BCUT2D eigenvalue weighted by Gasteiger charge is 2.17. The van der Waals surface area contributed by atoms with Gasteiger partial charge in [-0.1, -0.05) is 6.07 Å². The molecular weight excluding hydrogens is 305 g/mol. The molecule has 1 aromatic heterocycles. The van der Waals surface area contributed by atoms with Crippen molar-refractivity contribution in [2.24, 2.45) is 5.73 Å². The molecule has 1 aromatic carbocycles. The van der Waals surface area contributed by atoms with Gasteiger partial charge in [0.05, 0.1) is 13.2 Å². The first-order valence-electron chi connectivity index (χ1n) is 4.95. The zero-order valence-corrected chi connectivity index (χ0v) is 11.5. The van der Waals surface area contributed by atoms with E-state index in [2.05, 4.69) is 15.9 Å². The Morgan fingerprint density at radius 2 is 2.18 bits per heavy atom. The Bertz CT molecular complexity index is 529. The van der Waals surface area contributed by atoms with Gasteiger partial charge in [0.2, 0.25) is 0 Å². The minimum absolute atomic E-state index is 0.350. The Kier molecular flexibility index (Phi) is 3.81. The van der Waals surface area contributed by atoms with Gasteiger partial charge >= 0.3 is 0 Å². The van der Waals surface area contributed by atoms with E-state index in [1.165, 1.54) is 24.5 Å². The molecule has 0 amide bonds. The molecule has 2 rings (SSSR count). The third-order valence-electron chi connectivity index (χ3n) is 2.47. The lowest BCUT2D eigenvalue weighted by atomic mass is 10.1. The normalized spacial score (nSPS) is 12.5. The molecule has 0 saturated heterocycles. The van der Waals surface area contributed by atoms with Gasteiger partial charge in [-0.05, 0) is 33.4 Å². The lowest BCUT2D eigenvalue weighted by Gasteiger charge is -2.13. The standard InChI is InChI=1S/C12H11BrFNOS/c1-16-7-2-3-8(10(14)6-7)11(15)12-9(13)4-5-17-12/h2-6,11H,15H2,1H3. The first-order chi connectivity index (χ1) is 8.13. The highest BCUT2D eigenvalue weighted by atomic mass is 79.9. The van der Waals surface area contributed by atoms with Crippen LogP contribution in [0.1, 0.15) is 16.5 Å². The molecule has 0 aliphatic heterocycles. The average molecular weight is 316 g/mol. The molecule has 0 aliphatic carbocycles. The predicted octanol–water partition coefficient (Wildman–Crippen LogP) is 3.71. The van der Waals surface area contributed by atoms with Crippen molar-refractivity contribution in [2.75, 3.05) is 7.11 Å². The number of benzene rings is 1. The van der Waals surface area contributed by atoms with Crippen LogP contribution in [0.5, 0.6) is 5.75 Å². The van der Waals surface area contributed by atoms with E-state index >= 15 is 0 Å². The van der Waals surface area contributed by atoms with Gasteiger partial charge in [-0.3, -0.25) is 0 Å². The smallest absolute Gasteiger partial charge is 0.132 e. The highest BCUT2D eigenvalue weighted by Crippen LogP contribution is 2.33. The summed E-state index contributed by atoms with van der Waals surface area (Å²) in [5, 5.41) is 1.92. The van der Waals surface area contributed by atoms with E-state index in [0.29, 0.717) is 11.3 Å². The second-order valence-corrected chi connectivity index (χ2v) is 5.30. The molecule has 0 bridgehead atoms. The van der Waals surface area contributed by atoms with Crippen molar-refractivity contribution in [1.29, 1.82) is 0 Å². The molecule has 0 radical (unpaired) electrons. The molecule has 17 heavy (non-hydrogen) atoms. The average Bonchev–Trinajstić information content (AvgIpc) is 2.74. The van der Waals surface area contributed by atoms with Crippen molar-refractivity contribution >= 4 is 27.3 Å². The minimum atomic E-state index is -0.463. The monoisotopic (exact) mass is 315 g/mol. The van der Waals surface area contributed by atoms with Crippen LogP contribution in [0.4, 0.5) is 4.39 Å². The summed E-state index contributed by atoms with van der Waals surface area (Å²) in [6.07, 6.45) is 0. The maximum Gasteiger partial charge on any atom is 0.132 e. The van der Waals surface area contributed by atoms with Gasteiger partial charge in [0.25, 0.3) is 0 Å². The van der Waals surface area contributed by atoms with Crippen LogP contribution in [0.3, 0.4) is 0 Å². The summed E-state index contributed by atoms with van der Waals surface area (Å²) in [6, 6.07) is 6.15. The second-order valence-electron chi connectivity index (χ2n) is 3.50. The summed E-state index contributed by atoms with van der Waals surface area (Å²) < 4.78 is 19.7. The van der Waals surface area contributed by atoms with Gasteiger partial charge < -0.3 is 10.5 Å². The van der Waals surface area contributed by atoms with E-state index in [-0.39, 0.29) is 5.82 Å². The summed E-state index contributed by atoms with van der Waals surface area (Å²) in [5.74, 6) is 0.140. The third-order valence-corrected chi connectivity index (χ3v) is 4.42. The molecule has 2 aromatic rings. The number of hydrogen-bond acceptors (Lipinski definition) is 3. The van der Waals surface area contributed by atoms with Crippen LogP contribution >= 0.6 is 27.3 Å². The van der Waals surface area contributed by atoms with Crippen LogP contribution in [0.25, 0.3) is 0 Å². The number of hydrogen-bond donors (Lipinski definition) is 1. The number of halogens is 2. The van der Waals surface area contributed by atoms with Crippen LogP contribution < -0.4 is 10.5 Å². The van der Waals surface area contributed by atoms with Gasteiger partial charge in [0.1, 0.15) is 11.6 Å². The van der Waals surface area contributed by atoms with Crippen molar-refractivity contribution in [1.82, 2.24) is 0 Å². The zero-order valence-electron chi connectivity index (χ0n) is 9.11. The van der Waals surface area contributed by atoms with E-state index in [1.807, 2.05) is 11.4 Å². The molecular formula is C12H11BrFNOS. The van der Waals surface area contributed by atoms with E-state index < -0.39 is 6.04 Å². The van der Waals surface area contributed by atoms with Crippen molar-refractivity contribution < 1.29 is 9.13 Å². The lowest BCUT2D eigenvalue weighted by molar-refractivity contribution is 0.410. The molecule has 90 valence electrons. The molecule has 2 N–H and O–H groups in total. The zero-order chi connectivity index (χ0) is 12.4. The summed E-state index contributed by atoms with van der Waals surface area (Å²) in [4.78, 5) is 0.911. The van der Waals surface area contributed by atoms with Gasteiger partial charge in [0, 0.05) is 21.0 Å². The molecule has 5 heteroatoms. The lowest BCUT2D eigenvalue weighted by Crippen LogP contribution is -2.12. The van der Waals surface area contributed by atoms with Gasteiger partial charge in [-0.15, -0.1) is 11.3 Å². The fourth-order valence-electron chi connectivity index (χ4n) is 1.56. The maximum atomic E-state index is 13.8. The number of nitrogens with two attached hydrogens (primary N) is 1. The molecule has 1 atom stereocenters. The molecule has 1 unspecified atom stereocenters. The summed E-state index contributed by atoms with van der Waals surface area (Å²) in [6.45, 7) is 0. The van der Waals surface area contributed by atoms with Crippen LogP contribution in [0.2, 0.25) is 0 Å². The number of ether oxygens (including phenoxy) is 1. The molecule has 2 nitrogen and oxygen atoms in total.